The van der Waals surface area contributed by atoms with Gasteiger partial charge in [0.15, 0.2) is 0 Å². The number of unbranched alkanes of at least 4 members (excludes halogenated alkanes) is 4. The first-order valence-electron chi connectivity index (χ1n) is 10.6. The van der Waals surface area contributed by atoms with Crippen LogP contribution in [0.1, 0.15) is 49.4 Å². The van der Waals surface area contributed by atoms with Gasteiger partial charge in [-0.1, -0.05) is 44.7 Å². The Kier molecular flexibility index (Phi) is 9.71. The van der Waals surface area contributed by atoms with Gasteiger partial charge in [-0.25, -0.2) is 0 Å². The monoisotopic (exact) mass is 411 g/mol. The molecule has 0 aromatic heterocycles. The van der Waals surface area contributed by atoms with E-state index < -0.39 is 0 Å². The highest BCUT2D eigenvalue weighted by atomic mass is 16.5. The normalized spacial score (nSPS) is 10.4. The lowest BCUT2D eigenvalue weighted by molar-refractivity contribution is -0.114. The van der Waals surface area contributed by atoms with Crippen LogP contribution in [0.5, 0.6) is 5.75 Å². The molecule has 6 nitrogen and oxygen atoms in total. The van der Waals surface area contributed by atoms with Crippen LogP contribution in [-0.4, -0.2) is 44.0 Å². The molecule has 2 N–H and O–H groups in total. The van der Waals surface area contributed by atoms with Gasteiger partial charge >= 0.3 is 0 Å². The molecule has 0 bridgehead atoms. The molecule has 0 aliphatic heterocycles. The van der Waals surface area contributed by atoms with Crippen LogP contribution in [-0.2, 0) is 4.79 Å². The van der Waals surface area contributed by atoms with Crippen molar-refractivity contribution >= 4 is 23.2 Å². The number of amides is 2. The summed E-state index contributed by atoms with van der Waals surface area (Å²) < 4.78 is 5.81. The summed E-state index contributed by atoms with van der Waals surface area (Å²) in [5, 5.41) is 5.93. The average Bonchev–Trinajstić information content (AvgIpc) is 2.74. The molecule has 0 atom stereocenters. The summed E-state index contributed by atoms with van der Waals surface area (Å²) >= 11 is 0. The standard InChI is InChI=1S/C24H33N3O3/c1-4-5-6-7-8-15-30-22-14-10-12-20(17-22)25-18-23(28)26-21-13-9-11-19(16-21)24(29)27(2)3/h9-14,16-17,25H,4-8,15,18H2,1-3H3,(H,26,28). The van der Waals surface area contributed by atoms with Gasteiger partial charge in [-0.3, -0.25) is 9.59 Å². The molecule has 162 valence electrons. The second kappa shape index (κ2) is 12.5. The number of ether oxygens (including phenoxy) is 1. The zero-order chi connectivity index (χ0) is 21.8. The van der Waals surface area contributed by atoms with E-state index >= 15 is 0 Å². The van der Waals surface area contributed by atoms with Crippen LogP contribution in [0.3, 0.4) is 0 Å². The zero-order valence-corrected chi connectivity index (χ0v) is 18.2. The number of nitrogens with zero attached hydrogens (tertiary/aromatic N) is 1. The molecule has 0 aliphatic rings. The van der Waals surface area contributed by atoms with E-state index in [0.717, 1.165) is 17.9 Å². The molecule has 2 rings (SSSR count). The third-order valence-electron chi connectivity index (χ3n) is 4.60. The quantitative estimate of drug-likeness (QED) is 0.493. The molecule has 0 saturated heterocycles. The summed E-state index contributed by atoms with van der Waals surface area (Å²) in [7, 11) is 3.39. The first kappa shape index (κ1) is 23.3. The molecule has 0 fully saturated rings. The van der Waals surface area contributed by atoms with E-state index in [4.69, 9.17) is 4.74 Å². The lowest BCUT2D eigenvalue weighted by Gasteiger charge is -2.12. The third kappa shape index (κ3) is 8.15. The Hall–Kier alpha value is -3.02. The molecule has 2 aromatic rings. The van der Waals surface area contributed by atoms with Gasteiger partial charge in [-0.2, -0.15) is 0 Å². The first-order valence-corrected chi connectivity index (χ1v) is 10.6. The van der Waals surface area contributed by atoms with E-state index in [1.807, 2.05) is 24.3 Å². The molecular formula is C24H33N3O3. The number of carbonyl (C=O) groups excluding carboxylic acids is 2. The molecule has 0 saturated carbocycles. The maximum absolute atomic E-state index is 12.3. The second-order valence-electron chi connectivity index (χ2n) is 7.47. The summed E-state index contributed by atoms with van der Waals surface area (Å²) in [6, 6.07) is 14.5. The van der Waals surface area contributed by atoms with E-state index in [1.54, 1.807) is 38.4 Å². The summed E-state index contributed by atoms with van der Waals surface area (Å²) in [5.74, 6) is 0.504. The average molecular weight is 412 g/mol. The van der Waals surface area contributed by atoms with Crippen LogP contribution in [0.2, 0.25) is 0 Å². The Bertz CT molecular complexity index is 821. The smallest absolute Gasteiger partial charge is 0.253 e. The van der Waals surface area contributed by atoms with Crippen molar-refractivity contribution in [1.82, 2.24) is 4.90 Å². The largest absolute Gasteiger partial charge is 0.494 e. The van der Waals surface area contributed by atoms with Crippen LogP contribution >= 0.6 is 0 Å². The predicted molar refractivity (Wildman–Crippen MR) is 122 cm³/mol. The zero-order valence-electron chi connectivity index (χ0n) is 18.2. The van der Waals surface area contributed by atoms with E-state index in [-0.39, 0.29) is 18.4 Å². The van der Waals surface area contributed by atoms with E-state index in [9.17, 15) is 9.59 Å². The fraction of sp³-hybridized carbons (Fsp3) is 0.417. The number of nitrogens with one attached hydrogen (secondary N) is 2. The fourth-order valence-electron chi connectivity index (χ4n) is 2.97. The van der Waals surface area contributed by atoms with Gasteiger partial charge in [-0.05, 0) is 36.8 Å². The van der Waals surface area contributed by atoms with Crippen LogP contribution in [0.15, 0.2) is 48.5 Å². The van der Waals surface area contributed by atoms with Crippen LogP contribution in [0.25, 0.3) is 0 Å². The first-order chi connectivity index (χ1) is 14.5. The molecule has 30 heavy (non-hydrogen) atoms. The highest BCUT2D eigenvalue weighted by molar-refractivity contribution is 5.97. The van der Waals surface area contributed by atoms with Crippen molar-refractivity contribution in [2.75, 3.05) is 37.9 Å². The number of hydrogen-bond donors (Lipinski definition) is 2. The maximum atomic E-state index is 12.3. The Labute approximate surface area is 179 Å². The molecule has 0 radical (unpaired) electrons. The van der Waals surface area contributed by atoms with E-state index in [0.29, 0.717) is 17.9 Å². The number of benzene rings is 2. The molecule has 2 aromatic carbocycles. The Balaban J connectivity index is 1.79. The lowest BCUT2D eigenvalue weighted by Crippen LogP contribution is -2.23. The highest BCUT2D eigenvalue weighted by Gasteiger charge is 2.09. The molecular weight excluding hydrogens is 378 g/mol. The minimum atomic E-state index is -0.188. The highest BCUT2D eigenvalue weighted by Crippen LogP contribution is 2.18. The third-order valence-corrected chi connectivity index (χ3v) is 4.60. The number of anilines is 2. The topological polar surface area (TPSA) is 70.7 Å². The van der Waals surface area contributed by atoms with Gasteiger partial charge in [-0.15, -0.1) is 0 Å². The summed E-state index contributed by atoms with van der Waals surface area (Å²) in [4.78, 5) is 25.8. The van der Waals surface area contributed by atoms with Gasteiger partial charge in [0.1, 0.15) is 5.75 Å². The van der Waals surface area contributed by atoms with Gasteiger partial charge in [0.05, 0.1) is 13.2 Å². The second-order valence-corrected chi connectivity index (χ2v) is 7.47. The van der Waals surface area contributed by atoms with Crippen molar-refractivity contribution in [3.8, 4) is 5.75 Å². The summed E-state index contributed by atoms with van der Waals surface area (Å²) in [5.41, 5.74) is 1.95. The summed E-state index contributed by atoms with van der Waals surface area (Å²) in [6.45, 7) is 3.03. The molecule has 6 heteroatoms. The molecule has 0 unspecified atom stereocenters. The van der Waals surface area contributed by atoms with Gasteiger partial charge in [0, 0.05) is 37.1 Å². The van der Waals surface area contributed by atoms with Gasteiger partial charge in [0.2, 0.25) is 5.91 Å². The molecule has 0 heterocycles. The minimum Gasteiger partial charge on any atom is -0.494 e. The lowest BCUT2D eigenvalue weighted by atomic mass is 10.2. The molecule has 0 aliphatic carbocycles. The van der Waals surface area contributed by atoms with Gasteiger partial charge < -0.3 is 20.3 Å². The van der Waals surface area contributed by atoms with Crippen molar-refractivity contribution in [3.63, 3.8) is 0 Å². The van der Waals surface area contributed by atoms with Crippen molar-refractivity contribution < 1.29 is 14.3 Å². The van der Waals surface area contributed by atoms with Crippen LogP contribution in [0, 0.1) is 0 Å². The SMILES string of the molecule is CCCCCCCOc1cccc(NCC(=O)Nc2cccc(C(=O)N(C)C)c2)c1. The maximum Gasteiger partial charge on any atom is 0.253 e. The summed E-state index contributed by atoms with van der Waals surface area (Å²) in [6.07, 6.45) is 6.00. The minimum absolute atomic E-state index is 0.105. The van der Waals surface area contributed by atoms with Crippen LogP contribution < -0.4 is 15.4 Å². The number of hydrogen-bond acceptors (Lipinski definition) is 4. The van der Waals surface area contributed by atoms with E-state index in [1.165, 1.54) is 30.6 Å². The van der Waals surface area contributed by atoms with Gasteiger partial charge in [0.25, 0.3) is 5.91 Å². The fourth-order valence-corrected chi connectivity index (χ4v) is 2.97. The van der Waals surface area contributed by atoms with Crippen LogP contribution in [0.4, 0.5) is 11.4 Å². The molecule has 2 amide bonds. The van der Waals surface area contributed by atoms with Crippen molar-refractivity contribution in [2.45, 2.75) is 39.0 Å². The van der Waals surface area contributed by atoms with Crippen molar-refractivity contribution in [2.24, 2.45) is 0 Å². The van der Waals surface area contributed by atoms with Crippen molar-refractivity contribution in [3.05, 3.63) is 54.1 Å². The molecule has 0 spiro atoms. The van der Waals surface area contributed by atoms with Crippen molar-refractivity contribution in [1.29, 1.82) is 0 Å². The predicted octanol–water partition coefficient (Wildman–Crippen LogP) is 4.79. The Morgan fingerprint density at radius 1 is 0.933 bits per heavy atom. The number of rotatable bonds is 12. The number of carbonyl (C=O) groups is 2. The van der Waals surface area contributed by atoms with E-state index in [2.05, 4.69) is 17.6 Å². The Morgan fingerprint density at radius 2 is 1.67 bits per heavy atom. The Morgan fingerprint density at radius 3 is 2.43 bits per heavy atom.